The summed E-state index contributed by atoms with van der Waals surface area (Å²) in [7, 11) is 0. The number of carbonyl (C=O) groups excluding carboxylic acids is 2. The molecule has 0 saturated heterocycles. The maximum absolute atomic E-state index is 13.2. The van der Waals surface area contributed by atoms with Crippen LogP contribution in [0.15, 0.2) is 0 Å². The van der Waals surface area contributed by atoms with Gasteiger partial charge in [-0.3, -0.25) is 9.59 Å². The highest BCUT2D eigenvalue weighted by molar-refractivity contribution is 5.77. The molecule has 59 heavy (non-hydrogen) atoms. The van der Waals surface area contributed by atoms with E-state index in [2.05, 4.69) is 26.1 Å². The van der Waals surface area contributed by atoms with Gasteiger partial charge in [0.05, 0.1) is 25.2 Å². The predicted molar refractivity (Wildman–Crippen MR) is 255 cm³/mol. The number of rotatable bonds is 49. The Kier molecular flexibility index (Phi) is 47.0. The molecule has 0 bridgehead atoms. The molecule has 6 heteroatoms. The van der Waals surface area contributed by atoms with Crippen LogP contribution in [0.25, 0.3) is 0 Å². The highest BCUT2D eigenvalue weighted by Gasteiger charge is 2.24. The fourth-order valence-electron chi connectivity index (χ4n) is 8.61. The van der Waals surface area contributed by atoms with Crippen LogP contribution in [0.4, 0.5) is 0 Å². The molecule has 3 atom stereocenters. The Balaban J connectivity index is 4.35. The molecular weight excluding hydrogens is 731 g/mol. The summed E-state index contributed by atoms with van der Waals surface area (Å²) in [6.07, 6.45) is 51.7. The second kappa shape index (κ2) is 47.9. The molecule has 0 radical (unpaired) electrons. The van der Waals surface area contributed by atoms with E-state index in [9.17, 15) is 19.8 Å². The van der Waals surface area contributed by atoms with Crippen molar-refractivity contribution in [2.45, 2.75) is 322 Å². The van der Waals surface area contributed by atoms with Crippen molar-refractivity contribution in [3.8, 4) is 0 Å². The van der Waals surface area contributed by atoms with Gasteiger partial charge in [-0.2, -0.15) is 0 Å². The summed E-state index contributed by atoms with van der Waals surface area (Å²) in [5.74, 6) is -0.452. The van der Waals surface area contributed by atoms with E-state index in [0.29, 0.717) is 19.3 Å². The molecule has 0 aliphatic carbocycles. The summed E-state index contributed by atoms with van der Waals surface area (Å²) < 4.78 is 5.93. The van der Waals surface area contributed by atoms with E-state index in [0.717, 1.165) is 38.5 Å². The van der Waals surface area contributed by atoms with Gasteiger partial charge in [0.25, 0.3) is 0 Å². The fraction of sp³-hybridized carbons (Fsp3) is 0.962. The van der Waals surface area contributed by atoms with Crippen LogP contribution < -0.4 is 5.32 Å². The van der Waals surface area contributed by atoms with E-state index >= 15 is 0 Å². The number of aliphatic hydroxyl groups is 2. The predicted octanol–water partition coefficient (Wildman–Crippen LogP) is 16.0. The van der Waals surface area contributed by atoms with Crippen LogP contribution in [0.2, 0.25) is 0 Å². The summed E-state index contributed by atoms with van der Waals surface area (Å²) in [5, 5.41) is 23.7. The molecule has 0 spiro atoms. The Bertz CT molecular complexity index is 852. The number of hydrogen-bond donors (Lipinski definition) is 3. The molecule has 6 nitrogen and oxygen atoms in total. The van der Waals surface area contributed by atoms with Crippen LogP contribution in [0.5, 0.6) is 0 Å². The molecule has 0 aliphatic rings. The zero-order valence-corrected chi connectivity index (χ0v) is 40.2. The summed E-state index contributed by atoms with van der Waals surface area (Å²) in [6.45, 7) is 6.50. The van der Waals surface area contributed by atoms with Gasteiger partial charge in [0, 0.05) is 6.42 Å². The first kappa shape index (κ1) is 57.9. The van der Waals surface area contributed by atoms with E-state index in [-0.39, 0.29) is 24.9 Å². The Labute approximate surface area is 368 Å². The Morgan fingerprint density at radius 1 is 0.424 bits per heavy atom. The SMILES string of the molecule is CCCCCCCCCCCCCCCCCCCCCC(=O)OC(CCCCCCCCCCC)CC(=O)NC(CO)C(O)CCCCCCCCCCCCCC. The standard InChI is InChI=1S/C53H105NO5/c1-4-7-10-13-16-19-21-23-24-25-26-27-28-29-31-34-37-40-43-46-53(58)59-49(44-41-38-35-32-18-15-12-9-6-3)47-52(57)54-50(48-55)51(56)45-42-39-36-33-30-22-20-17-14-11-8-5-2/h49-51,55-56H,4-48H2,1-3H3,(H,54,57). The van der Waals surface area contributed by atoms with Gasteiger partial charge in [-0.15, -0.1) is 0 Å². The molecule has 0 aromatic rings. The van der Waals surface area contributed by atoms with Crippen LogP contribution in [-0.4, -0.2) is 46.9 Å². The molecule has 1 amide bonds. The van der Waals surface area contributed by atoms with E-state index in [1.807, 2.05) is 0 Å². The van der Waals surface area contributed by atoms with Gasteiger partial charge in [0.2, 0.25) is 5.91 Å². The second-order valence-corrected chi connectivity index (χ2v) is 18.6. The maximum atomic E-state index is 13.2. The summed E-state index contributed by atoms with van der Waals surface area (Å²) in [5.41, 5.74) is 0. The molecule has 0 rings (SSSR count). The van der Waals surface area contributed by atoms with Crippen molar-refractivity contribution >= 4 is 11.9 Å². The highest BCUT2D eigenvalue weighted by atomic mass is 16.5. The Morgan fingerprint density at radius 2 is 0.712 bits per heavy atom. The summed E-state index contributed by atoms with van der Waals surface area (Å²) in [6, 6.07) is -0.691. The first-order valence-electron chi connectivity index (χ1n) is 26.8. The molecule has 0 saturated carbocycles. The number of carbonyl (C=O) groups is 2. The zero-order chi connectivity index (χ0) is 43.1. The van der Waals surface area contributed by atoms with Gasteiger partial charge in [0.15, 0.2) is 0 Å². The molecule has 0 aromatic carbocycles. The largest absolute Gasteiger partial charge is 0.462 e. The molecule has 3 unspecified atom stereocenters. The summed E-state index contributed by atoms with van der Waals surface area (Å²) in [4.78, 5) is 26.1. The summed E-state index contributed by atoms with van der Waals surface area (Å²) >= 11 is 0. The Hall–Kier alpha value is -1.14. The van der Waals surface area contributed by atoms with Gasteiger partial charge in [-0.1, -0.05) is 265 Å². The third kappa shape index (κ3) is 43.3. The molecule has 0 heterocycles. The Morgan fingerprint density at radius 3 is 1.03 bits per heavy atom. The number of amides is 1. The average molecular weight is 836 g/mol. The van der Waals surface area contributed by atoms with Crippen LogP contribution in [-0.2, 0) is 14.3 Å². The molecule has 352 valence electrons. The van der Waals surface area contributed by atoms with Gasteiger partial charge < -0.3 is 20.3 Å². The lowest BCUT2D eigenvalue weighted by Gasteiger charge is -2.24. The number of unbranched alkanes of at least 4 members (excludes halogenated alkanes) is 37. The van der Waals surface area contributed by atoms with Crippen molar-refractivity contribution in [3.05, 3.63) is 0 Å². The topological polar surface area (TPSA) is 95.9 Å². The average Bonchev–Trinajstić information content (AvgIpc) is 3.23. The minimum absolute atomic E-state index is 0.0871. The van der Waals surface area contributed by atoms with Crippen LogP contribution >= 0.6 is 0 Å². The quantitative estimate of drug-likeness (QED) is 0.0419. The molecule has 3 N–H and O–H groups in total. The van der Waals surface area contributed by atoms with Crippen molar-refractivity contribution < 1.29 is 24.5 Å². The highest BCUT2D eigenvalue weighted by Crippen LogP contribution is 2.19. The second-order valence-electron chi connectivity index (χ2n) is 18.6. The minimum atomic E-state index is -0.778. The minimum Gasteiger partial charge on any atom is -0.462 e. The van der Waals surface area contributed by atoms with Crippen molar-refractivity contribution in [2.24, 2.45) is 0 Å². The van der Waals surface area contributed by atoms with Crippen molar-refractivity contribution in [1.29, 1.82) is 0 Å². The number of aliphatic hydroxyl groups excluding tert-OH is 2. The normalized spacial score (nSPS) is 13.1. The van der Waals surface area contributed by atoms with E-state index in [1.165, 1.54) is 218 Å². The van der Waals surface area contributed by atoms with E-state index in [4.69, 9.17) is 4.74 Å². The van der Waals surface area contributed by atoms with Gasteiger partial charge in [0.1, 0.15) is 6.10 Å². The van der Waals surface area contributed by atoms with Gasteiger partial charge in [-0.05, 0) is 25.7 Å². The van der Waals surface area contributed by atoms with E-state index in [1.54, 1.807) is 0 Å². The van der Waals surface area contributed by atoms with Crippen LogP contribution in [0.1, 0.15) is 303 Å². The number of esters is 1. The molecule has 0 aromatic heterocycles. The lowest BCUT2D eigenvalue weighted by Crippen LogP contribution is -2.46. The number of hydrogen-bond acceptors (Lipinski definition) is 5. The first-order valence-corrected chi connectivity index (χ1v) is 26.8. The molecule has 0 aliphatic heterocycles. The third-order valence-electron chi connectivity index (χ3n) is 12.7. The lowest BCUT2D eigenvalue weighted by molar-refractivity contribution is -0.151. The van der Waals surface area contributed by atoms with Crippen molar-refractivity contribution in [1.82, 2.24) is 5.32 Å². The van der Waals surface area contributed by atoms with Crippen molar-refractivity contribution in [3.63, 3.8) is 0 Å². The number of ether oxygens (including phenoxy) is 1. The van der Waals surface area contributed by atoms with Crippen LogP contribution in [0, 0.1) is 0 Å². The van der Waals surface area contributed by atoms with Crippen LogP contribution in [0.3, 0.4) is 0 Å². The van der Waals surface area contributed by atoms with E-state index < -0.39 is 18.2 Å². The first-order chi connectivity index (χ1) is 29.0. The monoisotopic (exact) mass is 836 g/mol. The zero-order valence-electron chi connectivity index (χ0n) is 40.2. The third-order valence-corrected chi connectivity index (χ3v) is 12.7. The van der Waals surface area contributed by atoms with Crippen molar-refractivity contribution in [2.75, 3.05) is 6.61 Å². The van der Waals surface area contributed by atoms with Gasteiger partial charge in [-0.25, -0.2) is 0 Å². The van der Waals surface area contributed by atoms with Gasteiger partial charge >= 0.3 is 5.97 Å². The number of nitrogens with one attached hydrogen (secondary N) is 1. The molecule has 0 fully saturated rings. The smallest absolute Gasteiger partial charge is 0.306 e. The lowest BCUT2D eigenvalue weighted by atomic mass is 10.0. The fourth-order valence-corrected chi connectivity index (χ4v) is 8.61. The molecular formula is C53H105NO5. The maximum Gasteiger partial charge on any atom is 0.306 e.